The second kappa shape index (κ2) is 7.46. The molecule has 1 heterocycles. The molecule has 0 fully saturated rings. The highest BCUT2D eigenvalue weighted by Gasteiger charge is 2.19. The Kier molecular flexibility index (Phi) is 5.23. The fourth-order valence-corrected chi connectivity index (χ4v) is 3.26. The van der Waals surface area contributed by atoms with Crippen molar-refractivity contribution in [1.82, 2.24) is 14.8 Å². The summed E-state index contributed by atoms with van der Waals surface area (Å²) in [6.45, 7) is 5.70. The molecule has 0 bridgehead atoms. The Labute approximate surface area is 163 Å². The molecule has 1 aromatic heterocycles. The van der Waals surface area contributed by atoms with Crippen molar-refractivity contribution in [1.29, 1.82) is 0 Å². The first kappa shape index (κ1) is 19.6. The SMILES string of the molecule is CN(CC(=O)NC(C)(C)C)C(=O)Cn1c2ccccc2c(=O)c2ccccc21. The average molecular weight is 379 g/mol. The summed E-state index contributed by atoms with van der Waals surface area (Å²) in [6.07, 6.45) is 0. The molecule has 2 amide bonds. The van der Waals surface area contributed by atoms with E-state index in [2.05, 4.69) is 5.32 Å². The molecule has 0 aliphatic rings. The summed E-state index contributed by atoms with van der Waals surface area (Å²) in [5, 5.41) is 4.00. The van der Waals surface area contributed by atoms with Crippen molar-refractivity contribution in [3.8, 4) is 0 Å². The first-order valence-corrected chi connectivity index (χ1v) is 9.22. The highest BCUT2D eigenvalue weighted by molar-refractivity contribution is 5.95. The summed E-state index contributed by atoms with van der Waals surface area (Å²) >= 11 is 0. The monoisotopic (exact) mass is 379 g/mol. The predicted octanol–water partition coefficient (Wildman–Crippen LogP) is 2.53. The lowest BCUT2D eigenvalue weighted by Crippen LogP contribution is -2.46. The molecular formula is C22H25N3O3. The Bertz CT molecular complexity index is 1050. The number of hydrogen-bond donors (Lipinski definition) is 1. The molecule has 3 rings (SSSR count). The Morgan fingerprint density at radius 1 is 0.964 bits per heavy atom. The van der Waals surface area contributed by atoms with Crippen LogP contribution in [0.1, 0.15) is 20.8 Å². The summed E-state index contributed by atoms with van der Waals surface area (Å²) in [5.41, 5.74) is 0.999. The molecule has 146 valence electrons. The third-order valence-corrected chi connectivity index (χ3v) is 4.49. The largest absolute Gasteiger partial charge is 0.350 e. The van der Waals surface area contributed by atoms with Crippen LogP contribution in [0, 0.1) is 0 Å². The van der Waals surface area contributed by atoms with Crippen LogP contribution in [0.4, 0.5) is 0 Å². The van der Waals surface area contributed by atoms with E-state index in [1.807, 2.05) is 61.7 Å². The second-order valence-electron chi connectivity index (χ2n) is 8.00. The molecule has 0 saturated carbocycles. The highest BCUT2D eigenvalue weighted by atomic mass is 16.2. The van der Waals surface area contributed by atoms with Crippen LogP contribution in [-0.4, -0.2) is 40.4 Å². The lowest BCUT2D eigenvalue weighted by atomic mass is 10.1. The van der Waals surface area contributed by atoms with Gasteiger partial charge < -0.3 is 14.8 Å². The zero-order chi connectivity index (χ0) is 20.5. The van der Waals surface area contributed by atoms with Crippen molar-refractivity contribution in [2.24, 2.45) is 0 Å². The van der Waals surface area contributed by atoms with Crippen LogP contribution in [0.2, 0.25) is 0 Å². The molecule has 28 heavy (non-hydrogen) atoms. The van der Waals surface area contributed by atoms with Crippen molar-refractivity contribution >= 4 is 33.6 Å². The number of carbonyl (C=O) groups excluding carboxylic acids is 2. The number of carbonyl (C=O) groups is 2. The molecule has 0 atom stereocenters. The number of likely N-dealkylation sites (N-methyl/N-ethyl adjacent to an activating group) is 1. The molecule has 3 aromatic rings. The number of nitrogens with one attached hydrogen (secondary N) is 1. The van der Waals surface area contributed by atoms with Gasteiger partial charge >= 0.3 is 0 Å². The van der Waals surface area contributed by atoms with Gasteiger partial charge in [0.15, 0.2) is 5.43 Å². The molecule has 0 radical (unpaired) electrons. The maximum atomic E-state index is 12.8. The van der Waals surface area contributed by atoms with Crippen molar-refractivity contribution in [3.05, 3.63) is 58.8 Å². The van der Waals surface area contributed by atoms with E-state index in [-0.39, 0.29) is 35.9 Å². The minimum absolute atomic E-state index is 0.0217. The maximum Gasteiger partial charge on any atom is 0.242 e. The van der Waals surface area contributed by atoms with Gasteiger partial charge in [0, 0.05) is 23.4 Å². The van der Waals surface area contributed by atoms with Crippen molar-refractivity contribution in [2.75, 3.05) is 13.6 Å². The van der Waals surface area contributed by atoms with E-state index in [0.717, 1.165) is 0 Å². The number of para-hydroxylation sites is 2. The van der Waals surface area contributed by atoms with Crippen molar-refractivity contribution < 1.29 is 9.59 Å². The Morgan fingerprint density at radius 2 is 1.46 bits per heavy atom. The number of fused-ring (bicyclic) bond motifs is 2. The number of amides is 2. The molecule has 0 spiro atoms. The van der Waals surface area contributed by atoms with Crippen LogP contribution in [-0.2, 0) is 16.1 Å². The van der Waals surface area contributed by atoms with Crippen LogP contribution < -0.4 is 10.7 Å². The standard InChI is InChI=1S/C22H25N3O3/c1-22(2,3)23-19(26)13-24(4)20(27)14-25-17-11-7-5-9-15(17)21(28)16-10-6-8-12-18(16)25/h5-12H,13-14H2,1-4H3,(H,23,26). The lowest BCUT2D eigenvalue weighted by molar-refractivity contribution is -0.135. The Morgan fingerprint density at radius 3 is 1.96 bits per heavy atom. The Balaban J connectivity index is 1.95. The van der Waals surface area contributed by atoms with E-state index in [0.29, 0.717) is 21.8 Å². The number of nitrogens with zero attached hydrogens (tertiary/aromatic N) is 2. The van der Waals surface area contributed by atoms with Crippen molar-refractivity contribution in [2.45, 2.75) is 32.9 Å². The van der Waals surface area contributed by atoms with Crippen LogP contribution in [0.25, 0.3) is 21.8 Å². The van der Waals surface area contributed by atoms with Gasteiger partial charge in [0.05, 0.1) is 17.6 Å². The Hall–Kier alpha value is -3.15. The summed E-state index contributed by atoms with van der Waals surface area (Å²) in [6, 6.07) is 14.5. The molecule has 0 aliphatic carbocycles. The number of rotatable bonds is 4. The highest BCUT2D eigenvalue weighted by Crippen LogP contribution is 2.19. The van der Waals surface area contributed by atoms with Crippen molar-refractivity contribution in [3.63, 3.8) is 0 Å². The number of aromatic nitrogens is 1. The van der Waals surface area contributed by atoms with Gasteiger partial charge in [-0.2, -0.15) is 0 Å². The minimum atomic E-state index is -0.355. The van der Waals surface area contributed by atoms with Gasteiger partial charge in [-0.15, -0.1) is 0 Å². The fraction of sp³-hybridized carbons (Fsp3) is 0.318. The van der Waals surface area contributed by atoms with Gasteiger partial charge in [-0.25, -0.2) is 0 Å². The lowest BCUT2D eigenvalue weighted by Gasteiger charge is -2.24. The molecule has 0 aliphatic heterocycles. The first-order chi connectivity index (χ1) is 13.2. The number of benzene rings is 2. The topological polar surface area (TPSA) is 71.4 Å². The smallest absolute Gasteiger partial charge is 0.242 e. The quantitative estimate of drug-likeness (QED) is 0.708. The zero-order valence-electron chi connectivity index (χ0n) is 16.7. The van der Waals surface area contributed by atoms with Crippen LogP contribution in [0.3, 0.4) is 0 Å². The molecule has 2 aromatic carbocycles. The van der Waals surface area contributed by atoms with Gasteiger partial charge in [0.1, 0.15) is 6.54 Å². The molecular weight excluding hydrogens is 354 g/mol. The minimum Gasteiger partial charge on any atom is -0.350 e. The van der Waals surface area contributed by atoms with E-state index in [9.17, 15) is 14.4 Å². The normalized spacial score (nSPS) is 11.6. The van der Waals surface area contributed by atoms with Crippen LogP contribution >= 0.6 is 0 Å². The van der Waals surface area contributed by atoms with E-state index >= 15 is 0 Å². The third kappa shape index (κ3) is 4.06. The summed E-state index contributed by atoms with van der Waals surface area (Å²) < 4.78 is 1.84. The molecule has 6 nitrogen and oxygen atoms in total. The molecule has 1 N–H and O–H groups in total. The van der Waals surface area contributed by atoms with E-state index in [1.165, 1.54) is 4.90 Å². The molecule has 6 heteroatoms. The van der Waals surface area contributed by atoms with Gasteiger partial charge in [-0.3, -0.25) is 14.4 Å². The average Bonchev–Trinajstić information content (AvgIpc) is 2.63. The van der Waals surface area contributed by atoms with Gasteiger partial charge in [0.2, 0.25) is 11.8 Å². The van der Waals surface area contributed by atoms with Gasteiger partial charge in [0.25, 0.3) is 0 Å². The first-order valence-electron chi connectivity index (χ1n) is 9.22. The maximum absolute atomic E-state index is 12.8. The molecule has 0 saturated heterocycles. The van der Waals surface area contributed by atoms with Gasteiger partial charge in [-0.1, -0.05) is 24.3 Å². The van der Waals surface area contributed by atoms with Crippen LogP contribution in [0.15, 0.2) is 53.3 Å². The van der Waals surface area contributed by atoms with E-state index < -0.39 is 0 Å². The molecule has 0 unspecified atom stereocenters. The summed E-state index contributed by atoms with van der Waals surface area (Å²) in [7, 11) is 1.61. The third-order valence-electron chi connectivity index (χ3n) is 4.49. The second-order valence-corrected chi connectivity index (χ2v) is 8.00. The zero-order valence-corrected chi connectivity index (χ0v) is 16.7. The fourth-order valence-electron chi connectivity index (χ4n) is 3.26. The predicted molar refractivity (Wildman–Crippen MR) is 111 cm³/mol. The number of hydrogen-bond acceptors (Lipinski definition) is 3. The summed E-state index contributed by atoms with van der Waals surface area (Å²) in [5.74, 6) is -0.416. The van der Waals surface area contributed by atoms with E-state index in [1.54, 1.807) is 19.2 Å². The van der Waals surface area contributed by atoms with Crippen LogP contribution in [0.5, 0.6) is 0 Å². The van der Waals surface area contributed by atoms with Gasteiger partial charge in [-0.05, 0) is 45.0 Å². The van der Waals surface area contributed by atoms with E-state index in [4.69, 9.17) is 0 Å². The number of pyridine rings is 1. The summed E-state index contributed by atoms with van der Waals surface area (Å²) in [4.78, 5) is 39.2.